The molecule has 1 nitrogen and oxygen atoms in total. The summed E-state index contributed by atoms with van der Waals surface area (Å²) in [6.45, 7) is 2.24. The third-order valence-corrected chi connectivity index (χ3v) is 9.91. The summed E-state index contributed by atoms with van der Waals surface area (Å²) >= 11 is 0. The number of aryl methyl sites for hydroxylation is 1. The molecule has 0 atom stereocenters. The number of fused-ring (bicyclic) bond motifs is 4. The first-order valence-corrected chi connectivity index (χ1v) is 16.8. The number of rotatable bonds is 5. The summed E-state index contributed by atoms with van der Waals surface area (Å²) in [5.74, 6) is 0. The third kappa shape index (κ3) is 4.59. The van der Waals surface area contributed by atoms with Crippen molar-refractivity contribution in [1.29, 1.82) is 0 Å². The fraction of sp³-hybridized carbons (Fsp3) is 0.0426. The van der Waals surface area contributed by atoms with Gasteiger partial charge >= 0.3 is 0 Å². The quantitative estimate of drug-likeness (QED) is 0.176. The Balaban J connectivity index is 1.21. The van der Waals surface area contributed by atoms with E-state index in [1.54, 1.807) is 0 Å². The van der Waals surface area contributed by atoms with Gasteiger partial charge in [0.2, 0.25) is 0 Å². The Morgan fingerprint density at radius 3 is 1.69 bits per heavy atom. The Morgan fingerprint density at radius 1 is 0.396 bits per heavy atom. The van der Waals surface area contributed by atoms with Gasteiger partial charge in [-0.3, -0.25) is 4.98 Å². The first kappa shape index (κ1) is 28.2. The lowest BCUT2D eigenvalue weighted by Gasteiger charge is -2.19. The molecule has 0 unspecified atom stereocenters. The van der Waals surface area contributed by atoms with E-state index in [1.165, 1.54) is 70.9 Å². The molecule has 0 aliphatic carbocycles. The van der Waals surface area contributed by atoms with Crippen molar-refractivity contribution in [3.8, 4) is 44.6 Å². The zero-order chi connectivity index (χ0) is 32.0. The molecule has 0 amide bonds. The van der Waals surface area contributed by atoms with Gasteiger partial charge in [0, 0.05) is 17.3 Å². The van der Waals surface area contributed by atoms with Gasteiger partial charge < -0.3 is 0 Å². The molecule has 0 bridgehead atoms. The van der Waals surface area contributed by atoms with Crippen molar-refractivity contribution < 1.29 is 0 Å². The summed E-state index contributed by atoms with van der Waals surface area (Å²) in [5, 5.41) is 10.2. The van der Waals surface area contributed by atoms with Crippen LogP contribution in [0.4, 0.5) is 0 Å². The van der Waals surface area contributed by atoms with E-state index in [9.17, 15) is 0 Å². The van der Waals surface area contributed by atoms with Gasteiger partial charge in [0.1, 0.15) is 0 Å². The Labute approximate surface area is 280 Å². The predicted octanol–water partition coefficient (Wildman–Crippen LogP) is 12.9. The summed E-state index contributed by atoms with van der Waals surface area (Å²) in [6.07, 6.45) is 3.03. The molecule has 0 fully saturated rings. The Hall–Kier alpha value is -6.05. The van der Waals surface area contributed by atoms with E-state index in [0.717, 1.165) is 28.8 Å². The topological polar surface area (TPSA) is 12.9 Å². The molecule has 0 aliphatic heterocycles. The number of benzene rings is 8. The summed E-state index contributed by atoms with van der Waals surface area (Å²) < 4.78 is 0. The zero-order valence-electron chi connectivity index (χ0n) is 26.8. The van der Waals surface area contributed by atoms with Crippen LogP contribution in [-0.4, -0.2) is 4.98 Å². The molecule has 0 N–H and O–H groups in total. The summed E-state index contributed by atoms with van der Waals surface area (Å²) in [7, 11) is 0. The molecule has 0 saturated heterocycles. The number of hydrogen-bond acceptors (Lipinski definition) is 1. The highest BCUT2D eigenvalue weighted by atomic mass is 14.7. The minimum atomic E-state index is 0.985. The lowest BCUT2D eigenvalue weighted by Crippen LogP contribution is -1.93. The number of nitrogens with zero attached hydrogens (tertiary/aromatic N) is 1. The average molecular weight is 612 g/mol. The van der Waals surface area contributed by atoms with Crippen LogP contribution in [0.3, 0.4) is 0 Å². The molecule has 0 saturated carbocycles. The fourth-order valence-electron chi connectivity index (χ4n) is 7.66. The first-order chi connectivity index (χ1) is 23.8. The summed E-state index contributed by atoms with van der Waals surface area (Å²) in [5.41, 5.74) is 10.8. The highest BCUT2D eigenvalue weighted by molar-refractivity contribution is 6.23. The second kappa shape index (κ2) is 11.6. The van der Waals surface area contributed by atoms with Crippen LogP contribution in [0, 0.1) is 0 Å². The van der Waals surface area contributed by atoms with E-state index in [-0.39, 0.29) is 0 Å². The number of hydrogen-bond donors (Lipinski definition) is 0. The smallest absolute Gasteiger partial charge is 0.0708 e. The van der Waals surface area contributed by atoms with Crippen LogP contribution in [-0.2, 0) is 6.42 Å². The van der Waals surface area contributed by atoms with Gasteiger partial charge in [0.25, 0.3) is 0 Å². The molecule has 1 heterocycles. The van der Waals surface area contributed by atoms with Crippen molar-refractivity contribution in [3.63, 3.8) is 0 Å². The molecule has 1 heteroatoms. The lowest BCUT2D eigenvalue weighted by atomic mass is 9.84. The monoisotopic (exact) mass is 611 g/mol. The van der Waals surface area contributed by atoms with Gasteiger partial charge in [0.05, 0.1) is 5.69 Å². The van der Waals surface area contributed by atoms with Gasteiger partial charge in [-0.2, -0.15) is 0 Å². The number of aromatic nitrogens is 1. The summed E-state index contributed by atoms with van der Waals surface area (Å²) in [6, 6.07) is 59.6. The molecule has 0 radical (unpaired) electrons. The minimum Gasteiger partial charge on any atom is -0.256 e. The van der Waals surface area contributed by atoms with E-state index < -0.39 is 0 Å². The van der Waals surface area contributed by atoms with Crippen LogP contribution in [0.5, 0.6) is 0 Å². The maximum atomic E-state index is 4.96. The van der Waals surface area contributed by atoms with Gasteiger partial charge in [-0.25, -0.2) is 0 Å². The van der Waals surface area contributed by atoms with Crippen molar-refractivity contribution in [1.82, 2.24) is 4.98 Å². The van der Waals surface area contributed by atoms with Crippen molar-refractivity contribution in [3.05, 3.63) is 176 Å². The van der Waals surface area contributed by atoms with Gasteiger partial charge in [-0.15, -0.1) is 0 Å². The van der Waals surface area contributed by atoms with Gasteiger partial charge in [-0.05, 0) is 95.0 Å². The minimum absolute atomic E-state index is 0.985. The Morgan fingerprint density at radius 2 is 0.958 bits per heavy atom. The van der Waals surface area contributed by atoms with E-state index in [4.69, 9.17) is 4.98 Å². The molecular formula is C47H33N. The summed E-state index contributed by atoms with van der Waals surface area (Å²) in [4.78, 5) is 4.96. The highest BCUT2D eigenvalue weighted by Crippen LogP contribution is 2.46. The standard InChI is InChI=1S/C47H33N/c1-2-31-14-10-24-38-36(31)23-12-26-40(38)47-43-21-7-5-19-41(43)46(42-20-6-8-22-44(42)47)34-17-9-16-33(29-34)35-27-28-45(48-30-35)39-25-11-15-32-13-3-4-18-37(32)39/h3-30H,2H2,1H3. The van der Waals surface area contributed by atoms with Gasteiger partial charge in [-0.1, -0.05) is 159 Å². The average Bonchev–Trinajstić information content (AvgIpc) is 3.16. The number of pyridine rings is 1. The van der Waals surface area contributed by atoms with Crippen LogP contribution in [0.15, 0.2) is 170 Å². The molecule has 48 heavy (non-hydrogen) atoms. The zero-order valence-corrected chi connectivity index (χ0v) is 26.8. The van der Waals surface area contributed by atoms with Crippen LogP contribution in [0.1, 0.15) is 12.5 Å². The Bertz CT molecular complexity index is 2580. The fourth-order valence-corrected chi connectivity index (χ4v) is 7.66. The van der Waals surface area contributed by atoms with E-state index in [0.29, 0.717) is 0 Å². The van der Waals surface area contributed by atoms with E-state index in [1.807, 2.05) is 6.20 Å². The maximum absolute atomic E-state index is 4.96. The molecule has 0 aliphatic rings. The van der Waals surface area contributed by atoms with Crippen molar-refractivity contribution in [2.75, 3.05) is 0 Å². The first-order valence-electron chi connectivity index (χ1n) is 16.8. The molecule has 1 aromatic heterocycles. The van der Waals surface area contributed by atoms with Crippen molar-refractivity contribution in [2.45, 2.75) is 13.3 Å². The molecule has 8 aromatic carbocycles. The molecule has 0 spiro atoms. The second-order valence-corrected chi connectivity index (χ2v) is 12.6. The molecule has 226 valence electrons. The third-order valence-electron chi connectivity index (χ3n) is 9.91. The largest absolute Gasteiger partial charge is 0.256 e. The van der Waals surface area contributed by atoms with Crippen LogP contribution >= 0.6 is 0 Å². The normalized spacial score (nSPS) is 11.5. The molecule has 9 aromatic rings. The van der Waals surface area contributed by atoms with Crippen LogP contribution in [0.2, 0.25) is 0 Å². The molecular weight excluding hydrogens is 579 g/mol. The maximum Gasteiger partial charge on any atom is 0.0708 e. The van der Waals surface area contributed by atoms with Crippen molar-refractivity contribution in [2.24, 2.45) is 0 Å². The second-order valence-electron chi connectivity index (χ2n) is 12.6. The van der Waals surface area contributed by atoms with Crippen LogP contribution in [0.25, 0.3) is 87.7 Å². The van der Waals surface area contributed by atoms with E-state index in [2.05, 4.69) is 171 Å². The Kier molecular flexibility index (Phi) is 6.83. The van der Waals surface area contributed by atoms with E-state index >= 15 is 0 Å². The predicted molar refractivity (Wildman–Crippen MR) is 205 cm³/mol. The highest BCUT2D eigenvalue weighted by Gasteiger charge is 2.18. The van der Waals surface area contributed by atoms with Crippen LogP contribution < -0.4 is 0 Å². The van der Waals surface area contributed by atoms with Crippen molar-refractivity contribution >= 4 is 43.1 Å². The molecule has 9 rings (SSSR count). The van der Waals surface area contributed by atoms with Gasteiger partial charge in [0.15, 0.2) is 0 Å². The lowest BCUT2D eigenvalue weighted by molar-refractivity contribution is 1.16. The SMILES string of the molecule is CCc1cccc2c(-c3c4ccccc4c(-c4cccc(-c5ccc(-c6cccc7ccccc67)nc5)c4)c4ccccc34)cccc12.